The van der Waals surface area contributed by atoms with Gasteiger partial charge in [-0.15, -0.1) is 0 Å². The smallest absolute Gasteiger partial charge is 0.222 e. The number of nitrogens with zero attached hydrogens (tertiary/aromatic N) is 3. The number of anilines is 1. The minimum atomic E-state index is 0.282. The van der Waals surface area contributed by atoms with Crippen molar-refractivity contribution >= 4 is 21.9 Å². The van der Waals surface area contributed by atoms with E-state index in [0.717, 1.165) is 17.6 Å². The van der Waals surface area contributed by atoms with Crippen LogP contribution in [0.3, 0.4) is 0 Å². The molecule has 0 amide bonds. The van der Waals surface area contributed by atoms with Gasteiger partial charge in [-0.1, -0.05) is 30.3 Å². The molecule has 1 N–H and O–H groups in total. The number of hydrogen-bond acceptors (Lipinski definition) is 4. The van der Waals surface area contributed by atoms with Gasteiger partial charge in [0.05, 0.1) is 4.47 Å². The van der Waals surface area contributed by atoms with Crippen LogP contribution in [0.15, 0.2) is 47.2 Å². The molecule has 0 aliphatic carbocycles. The monoisotopic (exact) mass is 334 g/mol. The van der Waals surface area contributed by atoms with Crippen LogP contribution in [0.1, 0.15) is 12.5 Å². The summed E-state index contributed by atoms with van der Waals surface area (Å²) in [7, 11) is 2.12. The Morgan fingerprint density at radius 3 is 2.50 bits per heavy atom. The molecule has 20 heavy (non-hydrogen) atoms. The summed E-state index contributed by atoms with van der Waals surface area (Å²) >= 11 is 3.33. The molecule has 0 spiro atoms. The van der Waals surface area contributed by atoms with Crippen LogP contribution in [0.2, 0.25) is 0 Å². The van der Waals surface area contributed by atoms with E-state index in [-0.39, 0.29) is 6.04 Å². The third-order valence-electron chi connectivity index (χ3n) is 2.88. The number of nitrogens with one attached hydrogen (secondary N) is 1. The van der Waals surface area contributed by atoms with Crippen molar-refractivity contribution in [2.45, 2.75) is 19.5 Å². The van der Waals surface area contributed by atoms with Crippen LogP contribution in [-0.4, -0.2) is 34.5 Å². The highest BCUT2D eigenvalue weighted by atomic mass is 79.9. The molecule has 106 valence electrons. The van der Waals surface area contributed by atoms with Gasteiger partial charge in [0.1, 0.15) is 0 Å². The van der Waals surface area contributed by atoms with Crippen LogP contribution in [0.5, 0.6) is 0 Å². The standard InChI is InChI=1S/C15H19BrN4/c1-12(19-15-17-8-14(16)9-18-15)10-20(2)11-13-6-4-3-5-7-13/h3-9,12H,10-11H2,1-2H3,(H,17,18,19). The largest absolute Gasteiger partial charge is 0.350 e. The zero-order valence-electron chi connectivity index (χ0n) is 11.8. The van der Waals surface area contributed by atoms with Gasteiger partial charge in [-0.3, -0.25) is 0 Å². The van der Waals surface area contributed by atoms with E-state index in [1.54, 1.807) is 12.4 Å². The topological polar surface area (TPSA) is 41.0 Å². The quantitative estimate of drug-likeness (QED) is 0.880. The number of rotatable bonds is 6. The van der Waals surface area contributed by atoms with Crippen molar-refractivity contribution in [3.63, 3.8) is 0 Å². The van der Waals surface area contributed by atoms with E-state index in [2.05, 4.69) is 74.4 Å². The van der Waals surface area contributed by atoms with E-state index in [1.807, 2.05) is 6.07 Å². The Balaban J connectivity index is 1.81. The molecule has 1 aromatic heterocycles. The molecule has 1 atom stereocenters. The van der Waals surface area contributed by atoms with E-state index in [4.69, 9.17) is 0 Å². The van der Waals surface area contributed by atoms with Gasteiger partial charge in [0.25, 0.3) is 0 Å². The molecule has 2 aromatic rings. The van der Waals surface area contributed by atoms with Gasteiger partial charge in [0.15, 0.2) is 0 Å². The minimum Gasteiger partial charge on any atom is -0.350 e. The molecule has 0 fully saturated rings. The Bertz CT molecular complexity index is 515. The van der Waals surface area contributed by atoms with E-state index in [0.29, 0.717) is 5.95 Å². The molecule has 0 saturated carbocycles. The van der Waals surface area contributed by atoms with Crippen LogP contribution < -0.4 is 5.32 Å². The molecule has 1 aromatic carbocycles. The van der Waals surface area contributed by atoms with Gasteiger partial charge in [-0.2, -0.15) is 0 Å². The summed E-state index contributed by atoms with van der Waals surface area (Å²) in [5, 5.41) is 3.30. The van der Waals surface area contributed by atoms with E-state index >= 15 is 0 Å². The summed E-state index contributed by atoms with van der Waals surface area (Å²) in [6, 6.07) is 10.8. The van der Waals surface area contributed by atoms with Crippen molar-refractivity contribution in [3.05, 3.63) is 52.8 Å². The van der Waals surface area contributed by atoms with Crippen LogP contribution in [0.4, 0.5) is 5.95 Å². The zero-order chi connectivity index (χ0) is 14.4. The SMILES string of the molecule is CC(CN(C)Cc1ccccc1)Nc1ncc(Br)cn1. The molecular weight excluding hydrogens is 316 g/mol. The first-order valence-corrected chi connectivity index (χ1v) is 7.39. The number of benzene rings is 1. The third kappa shape index (κ3) is 4.90. The maximum atomic E-state index is 4.22. The summed E-state index contributed by atoms with van der Waals surface area (Å²) in [5.41, 5.74) is 1.32. The van der Waals surface area contributed by atoms with Gasteiger partial charge in [-0.25, -0.2) is 9.97 Å². The van der Waals surface area contributed by atoms with Gasteiger partial charge in [0, 0.05) is 31.5 Å². The van der Waals surface area contributed by atoms with Gasteiger partial charge >= 0.3 is 0 Å². The number of likely N-dealkylation sites (N-methyl/N-ethyl adjacent to an activating group) is 1. The maximum absolute atomic E-state index is 4.22. The van der Waals surface area contributed by atoms with Crippen LogP contribution in [0.25, 0.3) is 0 Å². The minimum absolute atomic E-state index is 0.282. The molecule has 1 heterocycles. The number of halogens is 1. The van der Waals surface area contributed by atoms with Gasteiger partial charge < -0.3 is 10.2 Å². The molecule has 0 bridgehead atoms. The first kappa shape index (κ1) is 14.9. The fraction of sp³-hybridized carbons (Fsp3) is 0.333. The first-order chi connectivity index (χ1) is 9.63. The average Bonchev–Trinajstić information content (AvgIpc) is 2.42. The fourth-order valence-corrected chi connectivity index (χ4v) is 2.28. The lowest BCUT2D eigenvalue weighted by Crippen LogP contribution is -2.32. The van der Waals surface area contributed by atoms with Crippen molar-refractivity contribution < 1.29 is 0 Å². The van der Waals surface area contributed by atoms with Gasteiger partial charge in [0.2, 0.25) is 5.95 Å². The van der Waals surface area contributed by atoms with Crippen molar-refractivity contribution in [1.82, 2.24) is 14.9 Å². The van der Waals surface area contributed by atoms with E-state index in [9.17, 15) is 0 Å². The van der Waals surface area contributed by atoms with Gasteiger partial charge in [-0.05, 0) is 35.5 Å². The Morgan fingerprint density at radius 2 is 1.85 bits per heavy atom. The Kier molecular flexibility index (Phi) is 5.49. The predicted molar refractivity (Wildman–Crippen MR) is 85.6 cm³/mol. The lowest BCUT2D eigenvalue weighted by molar-refractivity contribution is 0.316. The molecule has 0 aliphatic heterocycles. The maximum Gasteiger partial charge on any atom is 0.222 e. The van der Waals surface area contributed by atoms with Crippen molar-refractivity contribution in [2.75, 3.05) is 18.9 Å². The molecule has 1 unspecified atom stereocenters. The Morgan fingerprint density at radius 1 is 1.20 bits per heavy atom. The van der Waals surface area contributed by atoms with E-state index in [1.165, 1.54) is 5.56 Å². The molecular formula is C15H19BrN4. The molecule has 0 aliphatic rings. The zero-order valence-corrected chi connectivity index (χ0v) is 13.3. The molecule has 2 rings (SSSR count). The normalized spacial score (nSPS) is 12.4. The Hall–Kier alpha value is -1.46. The van der Waals surface area contributed by atoms with Crippen molar-refractivity contribution in [2.24, 2.45) is 0 Å². The highest BCUT2D eigenvalue weighted by molar-refractivity contribution is 9.10. The highest BCUT2D eigenvalue weighted by Crippen LogP contribution is 2.08. The summed E-state index contributed by atoms with van der Waals surface area (Å²) in [5.74, 6) is 0.661. The molecule has 0 saturated heterocycles. The average molecular weight is 335 g/mol. The summed E-state index contributed by atoms with van der Waals surface area (Å²) < 4.78 is 0.886. The summed E-state index contributed by atoms with van der Waals surface area (Å²) in [6.07, 6.45) is 3.49. The molecule has 0 radical (unpaired) electrons. The van der Waals surface area contributed by atoms with Crippen LogP contribution in [-0.2, 0) is 6.54 Å². The Labute approximate surface area is 128 Å². The second-order valence-electron chi connectivity index (χ2n) is 4.95. The second-order valence-corrected chi connectivity index (χ2v) is 5.87. The lowest BCUT2D eigenvalue weighted by atomic mass is 10.2. The number of hydrogen-bond donors (Lipinski definition) is 1. The van der Waals surface area contributed by atoms with Crippen LogP contribution in [0, 0.1) is 0 Å². The van der Waals surface area contributed by atoms with E-state index < -0.39 is 0 Å². The van der Waals surface area contributed by atoms with Crippen LogP contribution >= 0.6 is 15.9 Å². The lowest BCUT2D eigenvalue weighted by Gasteiger charge is -2.22. The molecule has 5 heteroatoms. The fourth-order valence-electron chi connectivity index (χ4n) is 2.08. The third-order valence-corrected chi connectivity index (χ3v) is 3.29. The number of aromatic nitrogens is 2. The highest BCUT2D eigenvalue weighted by Gasteiger charge is 2.08. The molecule has 4 nitrogen and oxygen atoms in total. The second kappa shape index (κ2) is 7.36. The van der Waals surface area contributed by atoms with Crippen molar-refractivity contribution in [1.29, 1.82) is 0 Å². The summed E-state index contributed by atoms with van der Waals surface area (Å²) in [6.45, 7) is 4.00. The van der Waals surface area contributed by atoms with Crippen molar-refractivity contribution in [3.8, 4) is 0 Å². The first-order valence-electron chi connectivity index (χ1n) is 6.60. The summed E-state index contributed by atoms with van der Waals surface area (Å²) in [4.78, 5) is 10.7. The predicted octanol–water partition coefficient (Wildman–Crippen LogP) is 3.17.